The van der Waals surface area contributed by atoms with Crippen LogP contribution in [0.4, 0.5) is 0 Å². The second kappa shape index (κ2) is 16.8. The summed E-state index contributed by atoms with van der Waals surface area (Å²) in [6.07, 6.45) is 0.526. The van der Waals surface area contributed by atoms with E-state index in [1.54, 1.807) is 59.5 Å². The van der Waals surface area contributed by atoms with E-state index in [2.05, 4.69) is 15.6 Å². The lowest BCUT2D eigenvalue weighted by Gasteiger charge is -2.32. The number of phenolic OH excluding ortho intramolecular Hbond substituents is 1. The molecule has 13 nitrogen and oxygen atoms in total. The Morgan fingerprint density at radius 2 is 1.63 bits per heavy atom. The number of phenols is 1. The minimum atomic E-state index is -2.28. The molecule has 4 aromatic carbocycles. The van der Waals surface area contributed by atoms with Crippen LogP contribution in [-0.2, 0) is 21.7 Å². The molecule has 1 fully saturated rings. The number of fused-ring (bicyclic) bond motifs is 1. The van der Waals surface area contributed by atoms with Crippen molar-refractivity contribution in [2.75, 3.05) is 32.8 Å². The molecule has 0 bridgehead atoms. The van der Waals surface area contributed by atoms with Gasteiger partial charge in [0.1, 0.15) is 11.5 Å². The summed E-state index contributed by atoms with van der Waals surface area (Å²) >= 11 is 0. The maximum Gasteiger partial charge on any atom is 0.345 e. The van der Waals surface area contributed by atoms with Crippen molar-refractivity contribution in [1.82, 2.24) is 20.5 Å². The lowest BCUT2D eigenvalue weighted by atomic mass is 9.86. The van der Waals surface area contributed by atoms with E-state index in [-0.39, 0.29) is 64.6 Å². The number of carbonyl (C=O) groups excluding carboxylic acids is 2. The predicted octanol–water partition coefficient (Wildman–Crippen LogP) is 3.42. The number of rotatable bonds is 14. The van der Waals surface area contributed by atoms with E-state index in [1.807, 2.05) is 12.1 Å². The zero-order chi connectivity index (χ0) is 38.2. The smallest absolute Gasteiger partial charge is 0.345 e. The highest BCUT2D eigenvalue weighted by atomic mass is 16.5. The largest absolute Gasteiger partial charge is 0.506 e. The normalized spacial score (nSPS) is 15.0. The average Bonchev–Trinajstić information content (AvgIpc) is 3.19. The molecule has 2 heterocycles. The molecule has 0 spiro atoms. The molecule has 0 aliphatic carbocycles. The van der Waals surface area contributed by atoms with E-state index in [1.165, 1.54) is 36.4 Å². The summed E-state index contributed by atoms with van der Waals surface area (Å²) in [5.41, 5.74) is -0.0448. The number of hydrogen-bond donors (Lipinski definition) is 7. The fourth-order valence-electron chi connectivity index (χ4n) is 6.65. The highest BCUT2D eigenvalue weighted by Crippen LogP contribution is 2.32. The number of H-pyrrole nitrogens is 1. The standard InChI is InChI=1S/C41H42N4O9/c46-34-15-13-32(33-14-16-36(48)44-38(33)34)35(47)24-42-22-26-9-11-28(12-10-26)39(50)43-23-27-17-19-45(20-18-27)37(49)25-54-31-8-4-7-30(21-31)41(53,40(51)52)29-5-2-1-3-6-29/h1-16,21,27,35,42,46-47,53H,17-20,22-25H2,(H,43,50)(H,44,48)(H,51,52)/t35-,41-/m0/s1. The number of aliphatic hydroxyl groups excluding tert-OH is 1. The lowest BCUT2D eigenvalue weighted by Crippen LogP contribution is -2.43. The number of nitrogens with zero attached hydrogens (tertiary/aromatic N) is 1. The maximum absolute atomic E-state index is 13.0. The number of ether oxygens (including phenoxy) is 1. The number of likely N-dealkylation sites (tertiary alicyclic amines) is 1. The van der Waals surface area contributed by atoms with E-state index in [4.69, 9.17) is 4.74 Å². The molecule has 1 saturated heterocycles. The van der Waals surface area contributed by atoms with Crippen LogP contribution in [0.15, 0.2) is 108 Å². The Morgan fingerprint density at radius 1 is 0.907 bits per heavy atom. The molecule has 1 aromatic heterocycles. The highest BCUT2D eigenvalue weighted by molar-refractivity contribution is 5.94. The molecule has 6 rings (SSSR count). The van der Waals surface area contributed by atoms with Crippen molar-refractivity contribution in [2.24, 2.45) is 5.92 Å². The second-order valence-electron chi connectivity index (χ2n) is 13.4. The molecule has 1 aliphatic heterocycles. The van der Waals surface area contributed by atoms with Gasteiger partial charge in [0.05, 0.1) is 11.6 Å². The van der Waals surface area contributed by atoms with Gasteiger partial charge in [-0.05, 0) is 71.8 Å². The van der Waals surface area contributed by atoms with Crippen LogP contribution >= 0.6 is 0 Å². The third kappa shape index (κ3) is 8.60. The Hall–Kier alpha value is -6.02. The molecular formula is C41H42N4O9. The number of piperidine rings is 1. The van der Waals surface area contributed by atoms with Gasteiger partial charge >= 0.3 is 5.97 Å². The molecule has 0 radical (unpaired) electrons. The van der Waals surface area contributed by atoms with Gasteiger partial charge in [-0.25, -0.2) is 4.79 Å². The SMILES string of the molecule is O=C(NCC1CCN(C(=O)COc2cccc([C@](O)(C(=O)O)c3ccccc3)c2)CC1)c1ccc(CNC[C@H](O)c2ccc(O)c3[nH]c(=O)ccc23)cc1. The molecule has 0 saturated carbocycles. The number of hydrogen-bond acceptors (Lipinski definition) is 9. The Kier molecular flexibility index (Phi) is 11.7. The maximum atomic E-state index is 13.0. The molecule has 2 amide bonds. The van der Waals surface area contributed by atoms with Gasteiger partial charge in [0.25, 0.3) is 11.8 Å². The number of carbonyl (C=O) groups is 3. The number of carboxylic acids is 1. The number of amides is 2. The highest BCUT2D eigenvalue weighted by Gasteiger charge is 2.40. The Labute approximate surface area is 310 Å². The van der Waals surface area contributed by atoms with Crippen molar-refractivity contribution in [3.8, 4) is 11.5 Å². The summed E-state index contributed by atoms with van der Waals surface area (Å²) in [6, 6.07) is 27.3. The van der Waals surface area contributed by atoms with Crippen molar-refractivity contribution in [2.45, 2.75) is 31.1 Å². The Morgan fingerprint density at radius 3 is 2.35 bits per heavy atom. The molecule has 2 atom stereocenters. The monoisotopic (exact) mass is 734 g/mol. The Balaban J connectivity index is 0.917. The van der Waals surface area contributed by atoms with Crippen LogP contribution < -0.4 is 20.9 Å². The number of pyridine rings is 1. The van der Waals surface area contributed by atoms with Crippen molar-refractivity contribution in [3.05, 3.63) is 141 Å². The number of nitrogens with one attached hydrogen (secondary N) is 3. The van der Waals surface area contributed by atoms with Crippen LogP contribution in [0.25, 0.3) is 10.9 Å². The topological polar surface area (TPSA) is 202 Å². The first kappa shape index (κ1) is 37.7. The van der Waals surface area contributed by atoms with Gasteiger partial charge in [0.15, 0.2) is 6.61 Å². The number of aliphatic carboxylic acids is 1. The van der Waals surface area contributed by atoms with Gasteiger partial charge in [-0.1, -0.05) is 60.7 Å². The van der Waals surface area contributed by atoms with E-state index in [9.17, 15) is 39.6 Å². The quantitative estimate of drug-likeness (QED) is 0.0887. The summed E-state index contributed by atoms with van der Waals surface area (Å²) in [6.45, 7) is 1.92. The first-order chi connectivity index (χ1) is 26.0. The van der Waals surface area contributed by atoms with E-state index in [0.717, 1.165) is 5.56 Å². The van der Waals surface area contributed by atoms with E-state index < -0.39 is 17.7 Å². The summed E-state index contributed by atoms with van der Waals surface area (Å²) in [7, 11) is 0. The van der Waals surface area contributed by atoms with E-state index >= 15 is 0 Å². The second-order valence-corrected chi connectivity index (χ2v) is 13.4. The molecule has 1 aliphatic rings. The number of aromatic hydroxyl groups is 1. The lowest BCUT2D eigenvalue weighted by molar-refractivity contribution is -0.155. The Bertz CT molecular complexity index is 2170. The summed E-state index contributed by atoms with van der Waals surface area (Å²) in [5.74, 6) is -1.45. The van der Waals surface area contributed by atoms with Crippen LogP contribution in [0.1, 0.15) is 51.6 Å². The van der Waals surface area contributed by atoms with Gasteiger partial charge in [0.2, 0.25) is 11.2 Å². The van der Waals surface area contributed by atoms with Crippen LogP contribution in [0.5, 0.6) is 11.5 Å². The average molecular weight is 735 g/mol. The van der Waals surface area contributed by atoms with Crippen LogP contribution in [0.3, 0.4) is 0 Å². The van der Waals surface area contributed by atoms with Crippen molar-refractivity contribution in [1.29, 1.82) is 0 Å². The third-order valence-corrected chi connectivity index (χ3v) is 9.78. The first-order valence-electron chi connectivity index (χ1n) is 17.7. The minimum Gasteiger partial charge on any atom is -0.506 e. The van der Waals surface area contributed by atoms with Crippen molar-refractivity contribution in [3.63, 3.8) is 0 Å². The number of aromatic amines is 1. The van der Waals surface area contributed by atoms with Gasteiger partial charge in [-0.3, -0.25) is 14.4 Å². The fourth-order valence-corrected chi connectivity index (χ4v) is 6.65. The van der Waals surface area contributed by atoms with Gasteiger partial charge < -0.3 is 45.7 Å². The van der Waals surface area contributed by atoms with Crippen LogP contribution in [0, 0.1) is 5.92 Å². The molecule has 5 aromatic rings. The fraction of sp³-hybridized carbons (Fsp3) is 0.268. The minimum absolute atomic E-state index is 0.0716. The van der Waals surface area contributed by atoms with Gasteiger partial charge in [-0.15, -0.1) is 0 Å². The molecular weight excluding hydrogens is 692 g/mol. The van der Waals surface area contributed by atoms with Crippen LogP contribution in [0.2, 0.25) is 0 Å². The molecule has 13 heteroatoms. The summed E-state index contributed by atoms with van der Waals surface area (Å²) in [4.78, 5) is 53.9. The van der Waals surface area contributed by atoms with Crippen molar-refractivity contribution >= 4 is 28.7 Å². The molecule has 54 heavy (non-hydrogen) atoms. The molecule has 7 N–H and O–H groups in total. The first-order valence-corrected chi connectivity index (χ1v) is 17.7. The van der Waals surface area contributed by atoms with E-state index in [0.29, 0.717) is 55.5 Å². The number of aliphatic hydroxyl groups is 2. The number of aromatic nitrogens is 1. The number of benzene rings is 4. The molecule has 0 unspecified atom stereocenters. The zero-order valence-corrected chi connectivity index (χ0v) is 29.4. The zero-order valence-electron chi connectivity index (χ0n) is 29.4. The molecule has 280 valence electrons. The number of carboxylic acid groups (broad SMARTS) is 1. The summed E-state index contributed by atoms with van der Waals surface area (Å²) in [5, 5.41) is 48.7. The summed E-state index contributed by atoms with van der Waals surface area (Å²) < 4.78 is 5.72. The third-order valence-electron chi connectivity index (χ3n) is 9.78. The van der Waals surface area contributed by atoms with Gasteiger partial charge in [0, 0.05) is 55.3 Å². The van der Waals surface area contributed by atoms with Crippen LogP contribution in [-0.4, -0.2) is 80.9 Å². The van der Waals surface area contributed by atoms with Crippen molar-refractivity contribution < 1.29 is 39.5 Å². The van der Waals surface area contributed by atoms with Gasteiger partial charge in [-0.2, -0.15) is 0 Å². The predicted molar refractivity (Wildman–Crippen MR) is 200 cm³/mol.